The van der Waals surface area contributed by atoms with Gasteiger partial charge in [0.2, 0.25) is 0 Å². The van der Waals surface area contributed by atoms with Gasteiger partial charge in [-0.15, -0.1) is 0 Å². The third-order valence-corrected chi connectivity index (χ3v) is 2.45. The Kier molecular flexibility index (Phi) is 2.84. The number of rotatable bonds is 3. The summed E-state index contributed by atoms with van der Waals surface area (Å²) in [5, 5.41) is 3.35. The molecule has 1 aromatic carbocycles. The molecule has 0 saturated heterocycles. The summed E-state index contributed by atoms with van der Waals surface area (Å²) in [6.45, 7) is 5.08. The van der Waals surface area contributed by atoms with Crippen molar-refractivity contribution in [2.75, 3.05) is 24.7 Å². The van der Waals surface area contributed by atoms with Gasteiger partial charge in [-0.05, 0) is 18.2 Å². The minimum Gasteiger partial charge on any atom is -0.355 e. The van der Waals surface area contributed by atoms with Crippen LogP contribution in [0.1, 0.15) is 12.5 Å². The smallest absolute Gasteiger partial charge is 0.0685 e. The standard InChI is InChI=1S/C12H16N2/c1-2-13-10-14-9-5-7-11-6-3-4-8-12(11)14/h3-8,13H,2,9-10H2,1H3. The third-order valence-electron chi connectivity index (χ3n) is 2.45. The predicted molar refractivity (Wildman–Crippen MR) is 61.4 cm³/mol. The number of hydrogen-bond acceptors (Lipinski definition) is 2. The zero-order valence-corrected chi connectivity index (χ0v) is 8.53. The average molecular weight is 188 g/mol. The van der Waals surface area contributed by atoms with Gasteiger partial charge >= 0.3 is 0 Å². The van der Waals surface area contributed by atoms with Gasteiger partial charge in [0.15, 0.2) is 0 Å². The number of fused-ring (bicyclic) bond motifs is 1. The minimum absolute atomic E-state index is 0.928. The van der Waals surface area contributed by atoms with Crippen LogP contribution in [0.2, 0.25) is 0 Å². The molecule has 1 heterocycles. The monoisotopic (exact) mass is 188 g/mol. The zero-order chi connectivity index (χ0) is 9.80. The highest BCUT2D eigenvalue weighted by Crippen LogP contribution is 2.24. The van der Waals surface area contributed by atoms with E-state index in [1.165, 1.54) is 11.3 Å². The summed E-state index contributed by atoms with van der Waals surface area (Å²) in [7, 11) is 0. The fraction of sp³-hybridized carbons (Fsp3) is 0.333. The van der Waals surface area contributed by atoms with Crippen LogP contribution in [0.15, 0.2) is 30.3 Å². The molecule has 1 aliphatic heterocycles. The maximum Gasteiger partial charge on any atom is 0.0685 e. The van der Waals surface area contributed by atoms with Crippen molar-refractivity contribution in [3.8, 4) is 0 Å². The Balaban J connectivity index is 2.18. The van der Waals surface area contributed by atoms with Gasteiger partial charge in [0.25, 0.3) is 0 Å². The van der Waals surface area contributed by atoms with Crippen molar-refractivity contribution in [2.45, 2.75) is 6.92 Å². The highest BCUT2D eigenvalue weighted by atomic mass is 15.2. The summed E-state index contributed by atoms with van der Waals surface area (Å²) < 4.78 is 0. The molecule has 14 heavy (non-hydrogen) atoms. The van der Waals surface area contributed by atoms with Gasteiger partial charge < -0.3 is 10.2 Å². The Morgan fingerprint density at radius 1 is 1.36 bits per heavy atom. The summed E-state index contributed by atoms with van der Waals surface area (Å²) in [5.74, 6) is 0. The molecule has 1 aliphatic rings. The van der Waals surface area contributed by atoms with Gasteiger partial charge in [-0.3, -0.25) is 0 Å². The van der Waals surface area contributed by atoms with E-state index < -0.39 is 0 Å². The molecule has 2 rings (SSSR count). The number of nitrogens with one attached hydrogen (secondary N) is 1. The van der Waals surface area contributed by atoms with Crippen molar-refractivity contribution in [1.29, 1.82) is 0 Å². The first-order valence-electron chi connectivity index (χ1n) is 5.13. The molecule has 0 radical (unpaired) electrons. The number of hydrogen-bond donors (Lipinski definition) is 1. The van der Waals surface area contributed by atoms with E-state index in [-0.39, 0.29) is 0 Å². The molecular formula is C12H16N2. The molecule has 0 fully saturated rings. The Hall–Kier alpha value is -1.28. The quantitative estimate of drug-likeness (QED) is 0.781. The van der Waals surface area contributed by atoms with Crippen LogP contribution in [0, 0.1) is 0 Å². The zero-order valence-electron chi connectivity index (χ0n) is 8.53. The molecular weight excluding hydrogens is 172 g/mol. The maximum atomic E-state index is 3.35. The van der Waals surface area contributed by atoms with Crippen LogP contribution in [-0.4, -0.2) is 19.8 Å². The summed E-state index contributed by atoms with van der Waals surface area (Å²) in [5.41, 5.74) is 2.65. The second-order valence-electron chi connectivity index (χ2n) is 3.45. The van der Waals surface area contributed by atoms with Crippen LogP contribution in [0.5, 0.6) is 0 Å². The van der Waals surface area contributed by atoms with Gasteiger partial charge in [0.1, 0.15) is 0 Å². The van der Waals surface area contributed by atoms with E-state index in [2.05, 4.69) is 53.6 Å². The van der Waals surface area contributed by atoms with Crippen LogP contribution in [-0.2, 0) is 0 Å². The Morgan fingerprint density at radius 3 is 3.07 bits per heavy atom. The van der Waals surface area contributed by atoms with E-state index in [4.69, 9.17) is 0 Å². The lowest BCUT2D eigenvalue weighted by molar-refractivity contribution is 0.688. The molecule has 0 aromatic heterocycles. The first-order valence-corrected chi connectivity index (χ1v) is 5.13. The second kappa shape index (κ2) is 4.29. The molecule has 0 saturated carbocycles. The van der Waals surface area contributed by atoms with Crippen molar-refractivity contribution >= 4 is 11.8 Å². The molecule has 0 aliphatic carbocycles. The number of nitrogens with zero attached hydrogens (tertiary/aromatic N) is 1. The molecule has 2 nitrogen and oxygen atoms in total. The van der Waals surface area contributed by atoms with E-state index in [1.54, 1.807) is 0 Å². The lowest BCUT2D eigenvalue weighted by Crippen LogP contribution is -2.35. The van der Waals surface area contributed by atoms with Gasteiger partial charge in [-0.25, -0.2) is 0 Å². The average Bonchev–Trinajstić information content (AvgIpc) is 2.26. The lowest BCUT2D eigenvalue weighted by atomic mass is 10.1. The maximum absolute atomic E-state index is 3.35. The van der Waals surface area contributed by atoms with E-state index in [9.17, 15) is 0 Å². The molecule has 0 spiro atoms. The van der Waals surface area contributed by atoms with Gasteiger partial charge in [0.05, 0.1) is 6.67 Å². The highest BCUT2D eigenvalue weighted by Gasteiger charge is 2.10. The van der Waals surface area contributed by atoms with E-state index in [1.807, 2.05) is 0 Å². The third kappa shape index (κ3) is 1.80. The topological polar surface area (TPSA) is 15.3 Å². The molecule has 74 valence electrons. The van der Waals surface area contributed by atoms with Crippen molar-refractivity contribution in [2.24, 2.45) is 0 Å². The van der Waals surface area contributed by atoms with Crippen LogP contribution in [0.4, 0.5) is 5.69 Å². The summed E-state index contributed by atoms with van der Waals surface area (Å²) in [4.78, 5) is 2.35. The van der Waals surface area contributed by atoms with Crippen molar-refractivity contribution in [3.63, 3.8) is 0 Å². The summed E-state index contributed by atoms with van der Waals surface area (Å²) >= 11 is 0. The van der Waals surface area contributed by atoms with Gasteiger partial charge in [-0.1, -0.05) is 37.3 Å². The molecule has 0 unspecified atom stereocenters. The Labute approximate surface area is 85.2 Å². The van der Waals surface area contributed by atoms with Crippen LogP contribution >= 0.6 is 0 Å². The van der Waals surface area contributed by atoms with E-state index >= 15 is 0 Å². The fourth-order valence-electron chi connectivity index (χ4n) is 1.72. The first kappa shape index (κ1) is 9.28. The fourth-order valence-corrected chi connectivity index (χ4v) is 1.72. The molecule has 2 heteroatoms. The predicted octanol–water partition coefficient (Wildman–Crippen LogP) is 2.09. The van der Waals surface area contributed by atoms with Gasteiger partial charge in [0, 0.05) is 12.2 Å². The number of benzene rings is 1. The highest BCUT2D eigenvalue weighted by molar-refractivity contribution is 5.70. The molecule has 0 amide bonds. The number of anilines is 1. The van der Waals surface area contributed by atoms with Crippen molar-refractivity contribution < 1.29 is 0 Å². The van der Waals surface area contributed by atoms with Crippen LogP contribution in [0.3, 0.4) is 0 Å². The normalized spacial score (nSPS) is 14.2. The van der Waals surface area contributed by atoms with Crippen LogP contribution < -0.4 is 10.2 Å². The largest absolute Gasteiger partial charge is 0.355 e. The lowest BCUT2D eigenvalue weighted by Gasteiger charge is -2.28. The summed E-state index contributed by atoms with van der Waals surface area (Å²) in [6, 6.07) is 8.51. The molecule has 1 N–H and O–H groups in total. The Bertz CT molecular complexity index is 331. The second-order valence-corrected chi connectivity index (χ2v) is 3.45. The van der Waals surface area contributed by atoms with Crippen molar-refractivity contribution in [3.05, 3.63) is 35.9 Å². The minimum atomic E-state index is 0.928. The van der Waals surface area contributed by atoms with E-state index in [0.29, 0.717) is 0 Å². The summed E-state index contributed by atoms with van der Waals surface area (Å²) in [6.07, 6.45) is 4.40. The Morgan fingerprint density at radius 2 is 2.21 bits per heavy atom. The van der Waals surface area contributed by atoms with Crippen LogP contribution in [0.25, 0.3) is 6.08 Å². The molecule has 1 aromatic rings. The number of para-hydroxylation sites is 1. The molecule has 0 atom stereocenters. The van der Waals surface area contributed by atoms with Crippen molar-refractivity contribution in [1.82, 2.24) is 5.32 Å². The van der Waals surface area contributed by atoms with E-state index in [0.717, 1.165) is 19.8 Å². The first-order chi connectivity index (χ1) is 6.92. The van der Waals surface area contributed by atoms with Gasteiger partial charge in [-0.2, -0.15) is 0 Å². The SMILES string of the molecule is CCNCN1CC=Cc2ccccc21. The molecule has 0 bridgehead atoms.